The zero-order valence-corrected chi connectivity index (χ0v) is 16.8. The number of amides is 1. The first kappa shape index (κ1) is 20.1. The van der Waals surface area contributed by atoms with E-state index in [0.29, 0.717) is 5.92 Å². The molecular weight excluding hydrogens is 362 g/mol. The lowest BCUT2D eigenvalue weighted by Gasteiger charge is -2.32. The molecule has 1 aromatic carbocycles. The third kappa shape index (κ3) is 4.62. The number of likely N-dealkylation sites (tertiary alicyclic amines) is 1. The molecule has 27 heavy (non-hydrogen) atoms. The highest BCUT2D eigenvalue weighted by Crippen LogP contribution is 2.20. The number of piperidine rings is 1. The van der Waals surface area contributed by atoms with Gasteiger partial charge in [-0.05, 0) is 56.8 Å². The van der Waals surface area contributed by atoms with Crippen LogP contribution >= 0.6 is 12.4 Å². The maximum atomic E-state index is 12.2. The van der Waals surface area contributed by atoms with E-state index in [2.05, 4.69) is 45.3 Å². The smallest absolute Gasteiger partial charge is 0.237 e. The number of halogens is 1. The highest BCUT2D eigenvalue weighted by molar-refractivity contribution is 5.85. The van der Waals surface area contributed by atoms with Crippen LogP contribution in [0.3, 0.4) is 0 Å². The van der Waals surface area contributed by atoms with Crippen molar-refractivity contribution >= 4 is 29.3 Å². The SMILES string of the molecule is Cl.Cn1c(CN2CCCC(CNC(=O)C3CCCN3)C2)nc2ccccc21. The lowest BCUT2D eigenvalue weighted by Crippen LogP contribution is -2.45. The first-order valence-electron chi connectivity index (χ1n) is 9.84. The van der Waals surface area contributed by atoms with E-state index in [4.69, 9.17) is 4.98 Å². The molecule has 0 spiro atoms. The van der Waals surface area contributed by atoms with E-state index in [1.54, 1.807) is 0 Å². The van der Waals surface area contributed by atoms with Gasteiger partial charge >= 0.3 is 0 Å². The van der Waals surface area contributed by atoms with E-state index in [-0.39, 0.29) is 24.4 Å². The average molecular weight is 392 g/mol. The van der Waals surface area contributed by atoms with Crippen molar-refractivity contribution in [3.05, 3.63) is 30.1 Å². The average Bonchev–Trinajstić information content (AvgIpc) is 3.30. The Morgan fingerprint density at radius 1 is 1.30 bits per heavy atom. The summed E-state index contributed by atoms with van der Waals surface area (Å²) in [6.07, 6.45) is 4.45. The Morgan fingerprint density at radius 3 is 2.93 bits per heavy atom. The summed E-state index contributed by atoms with van der Waals surface area (Å²) in [6.45, 7) is 4.77. The number of imidazole rings is 1. The molecule has 2 atom stereocenters. The summed E-state index contributed by atoms with van der Waals surface area (Å²) in [7, 11) is 2.10. The third-order valence-electron chi connectivity index (χ3n) is 5.79. The van der Waals surface area contributed by atoms with Gasteiger partial charge in [-0.25, -0.2) is 4.98 Å². The van der Waals surface area contributed by atoms with Gasteiger partial charge in [-0.15, -0.1) is 12.4 Å². The van der Waals surface area contributed by atoms with Crippen LogP contribution in [0.15, 0.2) is 24.3 Å². The fraction of sp³-hybridized carbons (Fsp3) is 0.600. The van der Waals surface area contributed by atoms with Crippen molar-refractivity contribution in [2.75, 3.05) is 26.2 Å². The van der Waals surface area contributed by atoms with Crippen molar-refractivity contribution in [1.82, 2.24) is 25.1 Å². The number of aromatic nitrogens is 2. The van der Waals surface area contributed by atoms with Crippen LogP contribution in [-0.4, -0.2) is 52.6 Å². The van der Waals surface area contributed by atoms with E-state index in [1.165, 1.54) is 18.4 Å². The van der Waals surface area contributed by atoms with Gasteiger partial charge in [0.05, 0.1) is 23.6 Å². The van der Waals surface area contributed by atoms with Crippen molar-refractivity contribution in [2.45, 2.75) is 38.3 Å². The van der Waals surface area contributed by atoms with Gasteiger partial charge in [0.25, 0.3) is 0 Å². The van der Waals surface area contributed by atoms with E-state index in [9.17, 15) is 4.79 Å². The van der Waals surface area contributed by atoms with Crippen molar-refractivity contribution < 1.29 is 4.79 Å². The Bertz CT molecular complexity index is 771. The molecule has 2 saturated heterocycles. The number of carbonyl (C=O) groups excluding carboxylic acids is 1. The first-order valence-corrected chi connectivity index (χ1v) is 9.84. The van der Waals surface area contributed by atoms with Crippen LogP contribution in [0, 0.1) is 5.92 Å². The van der Waals surface area contributed by atoms with Gasteiger partial charge in [0, 0.05) is 20.1 Å². The predicted molar refractivity (Wildman–Crippen MR) is 110 cm³/mol. The molecular formula is C20H30ClN5O. The highest BCUT2D eigenvalue weighted by Gasteiger charge is 2.25. The fourth-order valence-electron chi connectivity index (χ4n) is 4.27. The second kappa shape index (κ2) is 9.04. The molecule has 2 N–H and O–H groups in total. The molecule has 3 heterocycles. The maximum Gasteiger partial charge on any atom is 0.237 e. The van der Waals surface area contributed by atoms with Crippen molar-refractivity contribution in [1.29, 1.82) is 0 Å². The minimum atomic E-state index is 0. The Kier molecular flexibility index (Phi) is 6.73. The quantitative estimate of drug-likeness (QED) is 0.819. The molecule has 2 aromatic rings. The third-order valence-corrected chi connectivity index (χ3v) is 5.79. The number of aryl methyl sites for hydroxylation is 1. The van der Waals surface area contributed by atoms with Crippen LogP contribution in [0.25, 0.3) is 11.0 Å². The van der Waals surface area contributed by atoms with E-state index in [1.807, 2.05) is 6.07 Å². The van der Waals surface area contributed by atoms with Gasteiger partial charge in [-0.3, -0.25) is 9.69 Å². The normalized spacial score (nSPS) is 23.3. The number of benzene rings is 1. The molecule has 0 aliphatic carbocycles. The lowest BCUT2D eigenvalue weighted by molar-refractivity contribution is -0.123. The van der Waals surface area contributed by atoms with Crippen LogP contribution in [0.1, 0.15) is 31.5 Å². The number of hydrogen-bond acceptors (Lipinski definition) is 4. The zero-order valence-electron chi connectivity index (χ0n) is 16.0. The number of nitrogens with zero attached hydrogens (tertiary/aromatic N) is 3. The lowest BCUT2D eigenvalue weighted by atomic mass is 9.98. The number of rotatable bonds is 5. The number of fused-ring (bicyclic) bond motifs is 1. The molecule has 2 fully saturated rings. The molecule has 7 heteroatoms. The number of para-hydroxylation sites is 2. The van der Waals surface area contributed by atoms with Gasteiger partial charge in [0.1, 0.15) is 5.82 Å². The summed E-state index contributed by atoms with van der Waals surface area (Å²) >= 11 is 0. The Balaban J connectivity index is 0.00000210. The molecule has 2 aliphatic rings. The number of nitrogens with one attached hydrogen (secondary N) is 2. The van der Waals surface area contributed by atoms with Crippen molar-refractivity contribution in [3.63, 3.8) is 0 Å². The van der Waals surface area contributed by atoms with Gasteiger partial charge in [-0.1, -0.05) is 12.1 Å². The summed E-state index contributed by atoms with van der Waals surface area (Å²) in [4.78, 5) is 19.5. The Labute approximate surface area is 167 Å². The van der Waals surface area contributed by atoms with E-state index < -0.39 is 0 Å². The summed E-state index contributed by atoms with van der Waals surface area (Å²) in [5.41, 5.74) is 2.25. The van der Waals surface area contributed by atoms with E-state index in [0.717, 1.165) is 56.9 Å². The second-order valence-electron chi connectivity index (χ2n) is 7.71. The van der Waals surface area contributed by atoms with E-state index >= 15 is 0 Å². The molecule has 0 saturated carbocycles. The maximum absolute atomic E-state index is 12.2. The number of hydrogen-bond donors (Lipinski definition) is 2. The van der Waals surface area contributed by atoms with Gasteiger partial charge in [-0.2, -0.15) is 0 Å². The molecule has 1 aromatic heterocycles. The van der Waals surface area contributed by atoms with Crippen LogP contribution in [0.2, 0.25) is 0 Å². The molecule has 2 aliphatic heterocycles. The van der Waals surface area contributed by atoms with Gasteiger partial charge in [0.2, 0.25) is 5.91 Å². The molecule has 148 valence electrons. The van der Waals surface area contributed by atoms with Crippen molar-refractivity contribution in [3.8, 4) is 0 Å². The van der Waals surface area contributed by atoms with Gasteiger partial charge < -0.3 is 15.2 Å². The second-order valence-corrected chi connectivity index (χ2v) is 7.71. The van der Waals surface area contributed by atoms with Crippen LogP contribution in [-0.2, 0) is 18.4 Å². The fourth-order valence-corrected chi connectivity index (χ4v) is 4.27. The minimum absolute atomic E-state index is 0. The highest BCUT2D eigenvalue weighted by atomic mass is 35.5. The van der Waals surface area contributed by atoms with Gasteiger partial charge in [0.15, 0.2) is 0 Å². The summed E-state index contributed by atoms with van der Waals surface area (Å²) in [5, 5.41) is 6.43. The zero-order chi connectivity index (χ0) is 17.9. The molecule has 1 amide bonds. The van der Waals surface area contributed by atoms with Crippen molar-refractivity contribution in [2.24, 2.45) is 13.0 Å². The molecule has 4 rings (SSSR count). The van der Waals surface area contributed by atoms with Crippen LogP contribution in [0.4, 0.5) is 0 Å². The Morgan fingerprint density at radius 2 is 2.15 bits per heavy atom. The summed E-state index contributed by atoms with van der Waals surface area (Å²) < 4.78 is 2.20. The first-order chi connectivity index (χ1) is 12.7. The molecule has 0 bridgehead atoms. The molecule has 0 radical (unpaired) electrons. The molecule has 2 unspecified atom stereocenters. The molecule has 6 nitrogen and oxygen atoms in total. The monoisotopic (exact) mass is 391 g/mol. The summed E-state index contributed by atoms with van der Waals surface area (Å²) in [5.74, 6) is 1.82. The largest absolute Gasteiger partial charge is 0.354 e. The van der Waals surface area contributed by atoms with Crippen LogP contribution < -0.4 is 10.6 Å². The standard InChI is InChI=1S/C20H29N5O.ClH/c1-24-18-9-3-2-7-16(18)23-19(24)14-25-11-5-6-15(13-25)12-22-20(26)17-8-4-10-21-17;/h2-3,7,9,15,17,21H,4-6,8,10-14H2,1H3,(H,22,26);1H. The predicted octanol–water partition coefficient (Wildman–Crippen LogP) is 2.08. The van der Waals surface area contributed by atoms with Crippen LogP contribution in [0.5, 0.6) is 0 Å². The topological polar surface area (TPSA) is 62.2 Å². The number of carbonyl (C=O) groups is 1. The summed E-state index contributed by atoms with van der Waals surface area (Å²) in [6, 6.07) is 8.32. The minimum Gasteiger partial charge on any atom is -0.354 e. The Hall–Kier alpha value is -1.63.